The molecule has 0 unspecified atom stereocenters. The van der Waals surface area contributed by atoms with Crippen molar-refractivity contribution < 1.29 is 14.3 Å². The Hall–Kier alpha value is -3.75. The molecule has 1 heterocycles. The van der Waals surface area contributed by atoms with E-state index in [4.69, 9.17) is 10.6 Å². The minimum atomic E-state index is -0.547. The Labute approximate surface area is 181 Å². The average molecular weight is 419 g/mol. The van der Waals surface area contributed by atoms with Crippen molar-refractivity contribution in [1.82, 2.24) is 9.88 Å². The molecule has 0 spiro atoms. The van der Waals surface area contributed by atoms with Gasteiger partial charge in [-0.15, -0.1) is 0 Å². The minimum absolute atomic E-state index is 0.288. The molecular weight excluding hydrogens is 394 g/mol. The number of nitrogens with zero attached hydrogens (tertiary/aromatic N) is 3. The average Bonchev–Trinajstić information content (AvgIpc) is 2.79. The molecule has 3 N–H and O–H groups in total. The van der Waals surface area contributed by atoms with Gasteiger partial charge in [0.2, 0.25) is 0 Å². The lowest BCUT2D eigenvalue weighted by molar-refractivity contribution is 0.0987. The first kappa shape index (κ1) is 21.9. The number of carbonyl (C=O) groups is 2. The maximum Gasteiger partial charge on any atom is 0.411 e. The van der Waals surface area contributed by atoms with E-state index in [1.54, 1.807) is 42.7 Å². The van der Waals surface area contributed by atoms with E-state index in [0.717, 1.165) is 16.1 Å². The van der Waals surface area contributed by atoms with Gasteiger partial charge in [-0.1, -0.05) is 12.1 Å². The van der Waals surface area contributed by atoms with Crippen LogP contribution in [0, 0.1) is 0 Å². The molecule has 0 saturated heterocycles. The van der Waals surface area contributed by atoms with Gasteiger partial charge in [0.15, 0.2) is 0 Å². The normalized spacial score (nSPS) is 10.6. The third-order valence-corrected chi connectivity index (χ3v) is 4.51. The Balaban J connectivity index is 1.64. The minimum Gasteiger partial charge on any atom is -0.448 e. The van der Waals surface area contributed by atoms with Gasteiger partial charge in [-0.25, -0.2) is 15.6 Å². The fourth-order valence-electron chi connectivity index (χ4n) is 2.81. The van der Waals surface area contributed by atoms with E-state index < -0.39 is 6.09 Å². The molecule has 2 amide bonds. The number of hydrogen-bond donors (Lipinski definition) is 2. The van der Waals surface area contributed by atoms with Gasteiger partial charge in [0.05, 0.1) is 5.69 Å². The van der Waals surface area contributed by atoms with Crippen molar-refractivity contribution >= 4 is 23.4 Å². The number of ether oxygens (including phenoxy) is 1. The number of rotatable bonds is 7. The van der Waals surface area contributed by atoms with Crippen molar-refractivity contribution in [2.45, 2.75) is 0 Å². The summed E-state index contributed by atoms with van der Waals surface area (Å²) in [5.74, 6) is 5.72. The summed E-state index contributed by atoms with van der Waals surface area (Å²) in [6.45, 7) is 0.922. The molecule has 2 aromatic carbocycles. The molecule has 1 aromatic heterocycles. The van der Waals surface area contributed by atoms with Gasteiger partial charge < -0.3 is 9.64 Å². The molecule has 0 saturated carbocycles. The zero-order valence-electron chi connectivity index (χ0n) is 17.5. The lowest BCUT2D eigenvalue weighted by Crippen LogP contribution is -2.37. The first-order valence-corrected chi connectivity index (χ1v) is 9.72. The van der Waals surface area contributed by atoms with Crippen LogP contribution in [0.2, 0.25) is 0 Å². The molecule has 160 valence electrons. The topological polar surface area (TPSA) is 101 Å². The maximum absolute atomic E-state index is 12.8. The Morgan fingerprint density at radius 2 is 1.71 bits per heavy atom. The van der Waals surface area contributed by atoms with Crippen LogP contribution in [0.15, 0.2) is 73.1 Å². The molecule has 0 bridgehead atoms. The Morgan fingerprint density at radius 3 is 2.39 bits per heavy atom. The zero-order chi connectivity index (χ0) is 22.2. The molecular formula is C23H25N5O3. The highest BCUT2D eigenvalue weighted by atomic mass is 16.5. The summed E-state index contributed by atoms with van der Waals surface area (Å²) < 4.78 is 5.09. The van der Waals surface area contributed by atoms with Crippen LogP contribution in [0.5, 0.6) is 0 Å². The fraction of sp³-hybridized carbons (Fsp3) is 0.174. The smallest absolute Gasteiger partial charge is 0.411 e. The fourth-order valence-corrected chi connectivity index (χ4v) is 2.81. The van der Waals surface area contributed by atoms with E-state index in [9.17, 15) is 9.59 Å². The highest BCUT2D eigenvalue weighted by molar-refractivity contribution is 6.05. The first-order valence-electron chi connectivity index (χ1n) is 9.72. The number of anilines is 2. The standard InChI is InChI=1S/C23H25N5O3/c1-27(2)14-15-31-23(30)26-20-8-6-18(7-9-20)22(29)28(24)21-5-3-4-19(16-21)17-10-12-25-13-11-17/h3-13,16H,14-15,24H2,1-2H3,(H,26,30). The van der Waals surface area contributed by atoms with Crippen LogP contribution in [0.4, 0.5) is 16.2 Å². The van der Waals surface area contributed by atoms with Crippen LogP contribution >= 0.6 is 0 Å². The summed E-state index contributed by atoms with van der Waals surface area (Å²) in [7, 11) is 3.79. The molecule has 3 aromatic rings. The Bertz CT molecular complexity index is 1020. The number of hydrazine groups is 1. The van der Waals surface area contributed by atoms with Crippen LogP contribution in [-0.4, -0.2) is 49.1 Å². The van der Waals surface area contributed by atoms with Crippen molar-refractivity contribution in [2.24, 2.45) is 5.84 Å². The van der Waals surface area contributed by atoms with Gasteiger partial charge in [-0.2, -0.15) is 0 Å². The van der Waals surface area contributed by atoms with E-state index in [0.29, 0.717) is 23.5 Å². The first-order chi connectivity index (χ1) is 14.9. The van der Waals surface area contributed by atoms with Crippen LogP contribution in [-0.2, 0) is 4.74 Å². The van der Waals surface area contributed by atoms with E-state index >= 15 is 0 Å². The molecule has 3 rings (SSSR count). The van der Waals surface area contributed by atoms with Crippen molar-refractivity contribution in [1.29, 1.82) is 0 Å². The van der Waals surface area contributed by atoms with E-state index in [1.165, 1.54) is 0 Å². The number of nitrogens with one attached hydrogen (secondary N) is 1. The predicted octanol–water partition coefficient (Wildman–Crippen LogP) is 3.38. The van der Waals surface area contributed by atoms with Crippen LogP contribution in [0.3, 0.4) is 0 Å². The molecule has 8 heteroatoms. The number of likely N-dealkylation sites (N-methyl/N-ethyl adjacent to an activating group) is 1. The van der Waals surface area contributed by atoms with Gasteiger partial charge in [0, 0.05) is 30.2 Å². The van der Waals surface area contributed by atoms with Gasteiger partial charge >= 0.3 is 6.09 Å². The summed E-state index contributed by atoms with van der Waals surface area (Å²) in [4.78, 5) is 30.5. The van der Waals surface area contributed by atoms with E-state index in [-0.39, 0.29) is 12.5 Å². The number of carbonyl (C=O) groups excluding carboxylic acids is 2. The number of nitrogens with two attached hydrogens (primary N) is 1. The number of amides is 2. The molecule has 0 aliphatic carbocycles. The second-order valence-corrected chi connectivity index (χ2v) is 7.10. The molecule has 0 fully saturated rings. The summed E-state index contributed by atoms with van der Waals surface area (Å²) in [6, 6.07) is 17.6. The summed E-state index contributed by atoms with van der Waals surface area (Å²) in [5, 5.41) is 3.73. The second kappa shape index (κ2) is 10.3. The van der Waals surface area contributed by atoms with Crippen molar-refractivity contribution in [3.05, 3.63) is 78.6 Å². The Kier molecular flexibility index (Phi) is 7.31. The van der Waals surface area contributed by atoms with Gasteiger partial charge in [-0.3, -0.25) is 15.1 Å². The maximum atomic E-state index is 12.8. The third kappa shape index (κ3) is 6.11. The lowest BCUT2D eigenvalue weighted by atomic mass is 10.1. The van der Waals surface area contributed by atoms with Crippen molar-refractivity contribution in [3.63, 3.8) is 0 Å². The van der Waals surface area contributed by atoms with Gasteiger partial charge in [0.25, 0.3) is 5.91 Å². The second-order valence-electron chi connectivity index (χ2n) is 7.10. The highest BCUT2D eigenvalue weighted by Crippen LogP contribution is 2.24. The largest absolute Gasteiger partial charge is 0.448 e. The van der Waals surface area contributed by atoms with Gasteiger partial charge in [0.1, 0.15) is 6.61 Å². The number of pyridine rings is 1. The summed E-state index contributed by atoms with van der Waals surface area (Å²) in [6.07, 6.45) is 2.87. The monoisotopic (exact) mass is 419 g/mol. The molecule has 0 aliphatic rings. The quantitative estimate of drug-likeness (QED) is 0.346. The van der Waals surface area contributed by atoms with E-state index in [2.05, 4.69) is 10.3 Å². The number of hydrogen-bond acceptors (Lipinski definition) is 6. The third-order valence-electron chi connectivity index (χ3n) is 4.51. The van der Waals surface area contributed by atoms with Gasteiger partial charge in [-0.05, 0) is 73.8 Å². The number of benzene rings is 2. The lowest BCUT2D eigenvalue weighted by Gasteiger charge is -2.18. The summed E-state index contributed by atoms with van der Waals surface area (Å²) >= 11 is 0. The van der Waals surface area contributed by atoms with Crippen molar-refractivity contribution in [3.8, 4) is 11.1 Å². The highest BCUT2D eigenvalue weighted by Gasteiger charge is 2.15. The summed E-state index contributed by atoms with van der Waals surface area (Å²) in [5.41, 5.74) is 3.38. The molecule has 0 aliphatic heterocycles. The van der Waals surface area contributed by atoms with Crippen molar-refractivity contribution in [2.75, 3.05) is 37.6 Å². The Morgan fingerprint density at radius 1 is 1.00 bits per heavy atom. The molecule has 31 heavy (non-hydrogen) atoms. The van der Waals surface area contributed by atoms with Crippen LogP contribution in [0.25, 0.3) is 11.1 Å². The zero-order valence-corrected chi connectivity index (χ0v) is 17.5. The van der Waals surface area contributed by atoms with Crippen LogP contribution < -0.4 is 16.2 Å². The predicted molar refractivity (Wildman–Crippen MR) is 121 cm³/mol. The molecule has 8 nitrogen and oxygen atoms in total. The molecule has 0 radical (unpaired) electrons. The van der Waals surface area contributed by atoms with Crippen LogP contribution in [0.1, 0.15) is 10.4 Å². The number of aromatic nitrogens is 1. The van der Waals surface area contributed by atoms with E-state index in [1.807, 2.05) is 49.3 Å². The SMILES string of the molecule is CN(C)CCOC(=O)Nc1ccc(C(=O)N(N)c2cccc(-c3ccncc3)c2)cc1. The molecule has 0 atom stereocenters.